The van der Waals surface area contributed by atoms with Crippen LogP contribution < -0.4 is 10.6 Å². The summed E-state index contributed by atoms with van der Waals surface area (Å²) < 4.78 is 5.09. The fraction of sp³-hybridized carbons (Fsp3) is 0.846. The van der Waals surface area contributed by atoms with Crippen molar-refractivity contribution in [1.82, 2.24) is 15.5 Å². The zero-order valence-corrected chi connectivity index (χ0v) is 12.2. The second-order valence-electron chi connectivity index (χ2n) is 4.87. The molecule has 0 bridgehead atoms. The van der Waals surface area contributed by atoms with E-state index in [0.29, 0.717) is 6.54 Å². The van der Waals surface area contributed by atoms with Gasteiger partial charge in [-0.2, -0.15) is 0 Å². The van der Waals surface area contributed by atoms with Crippen LogP contribution in [0.1, 0.15) is 20.3 Å². The van der Waals surface area contributed by atoms with Crippen molar-refractivity contribution in [3.05, 3.63) is 0 Å². The van der Waals surface area contributed by atoms with Crippen molar-refractivity contribution in [2.45, 2.75) is 26.3 Å². The lowest BCUT2D eigenvalue weighted by Gasteiger charge is -2.19. The first kappa shape index (κ1) is 16.7. The van der Waals surface area contributed by atoms with Gasteiger partial charge in [0.15, 0.2) is 0 Å². The maximum atomic E-state index is 11.7. The zero-order chi connectivity index (χ0) is 15.0. The van der Waals surface area contributed by atoms with Gasteiger partial charge in [0.05, 0.1) is 19.3 Å². The average molecular weight is 287 g/mol. The summed E-state index contributed by atoms with van der Waals surface area (Å²) in [6.45, 7) is 8.15. The fourth-order valence-corrected chi connectivity index (χ4v) is 2.20. The normalized spacial score (nSPS) is 21.9. The van der Waals surface area contributed by atoms with E-state index in [9.17, 15) is 9.59 Å². The Hall–Kier alpha value is -1.34. The molecule has 1 rings (SSSR count). The van der Waals surface area contributed by atoms with Crippen molar-refractivity contribution in [3.8, 4) is 0 Å². The number of carboxylic acid groups (broad SMARTS) is 1. The Morgan fingerprint density at radius 1 is 1.30 bits per heavy atom. The number of carboxylic acids is 1. The van der Waals surface area contributed by atoms with E-state index < -0.39 is 17.9 Å². The minimum absolute atomic E-state index is 0.155. The molecule has 0 spiro atoms. The molecule has 0 aromatic carbocycles. The highest BCUT2D eigenvalue weighted by Crippen LogP contribution is 2.13. The Kier molecular flexibility index (Phi) is 7.32. The van der Waals surface area contributed by atoms with Gasteiger partial charge in [0.2, 0.25) is 0 Å². The molecule has 1 fully saturated rings. The third kappa shape index (κ3) is 5.34. The minimum Gasteiger partial charge on any atom is -0.481 e. The van der Waals surface area contributed by atoms with Gasteiger partial charge >= 0.3 is 12.0 Å². The monoisotopic (exact) mass is 287 g/mol. The largest absolute Gasteiger partial charge is 0.481 e. The van der Waals surface area contributed by atoms with Crippen LogP contribution in [0.15, 0.2) is 0 Å². The number of amides is 2. The molecule has 1 heterocycles. The first-order valence-electron chi connectivity index (χ1n) is 7.15. The highest BCUT2D eigenvalue weighted by Gasteiger charge is 2.34. The van der Waals surface area contributed by atoms with Gasteiger partial charge in [-0.15, -0.1) is 0 Å². The van der Waals surface area contributed by atoms with Crippen LogP contribution in [0.25, 0.3) is 0 Å². The third-order valence-electron chi connectivity index (χ3n) is 3.55. The van der Waals surface area contributed by atoms with Crippen molar-refractivity contribution in [3.63, 3.8) is 0 Å². The Morgan fingerprint density at radius 2 is 2.00 bits per heavy atom. The number of nitrogens with one attached hydrogen (secondary N) is 2. The van der Waals surface area contributed by atoms with E-state index in [-0.39, 0.29) is 19.2 Å². The average Bonchev–Trinajstić information content (AvgIpc) is 2.87. The summed E-state index contributed by atoms with van der Waals surface area (Å²) in [5.74, 6) is -1.59. The quantitative estimate of drug-likeness (QED) is 0.552. The number of hydrogen-bond donors (Lipinski definition) is 3. The van der Waals surface area contributed by atoms with Gasteiger partial charge in [-0.05, 0) is 26.1 Å². The number of nitrogens with zero attached hydrogens (tertiary/aromatic N) is 1. The lowest BCUT2D eigenvalue weighted by molar-refractivity contribution is -0.142. The molecule has 0 aromatic heterocycles. The molecule has 0 aromatic rings. The second-order valence-corrected chi connectivity index (χ2v) is 4.87. The smallest absolute Gasteiger partial charge is 0.315 e. The van der Waals surface area contributed by atoms with Crippen LogP contribution in [0.4, 0.5) is 4.79 Å². The molecule has 2 atom stereocenters. The number of hydrogen-bond acceptors (Lipinski definition) is 4. The second kappa shape index (κ2) is 8.76. The molecular formula is C13H25N3O4. The standard InChI is InChI=1S/C13H25N3O4/c1-3-16(4-2)7-5-6-14-13(19)15-11-9-20-8-10(11)12(17)18/h10-11H,3-9H2,1-2H3,(H,17,18)(H2,14,15,19). The topological polar surface area (TPSA) is 90.9 Å². The number of aliphatic carboxylic acids is 1. The summed E-state index contributed by atoms with van der Waals surface area (Å²) in [4.78, 5) is 24.9. The van der Waals surface area contributed by atoms with Gasteiger partial charge in [0, 0.05) is 6.54 Å². The van der Waals surface area contributed by atoms with Gasteiger partial charge < -0.3 is 25.4 Å². The lowest BCUT2D eigenvalue weighted by atomic mass is 10.0. The third-order valence-corrected chi connectivity index (χ3v) is 3.55. The number of carbonyl (C=O) groups excluding carboxylic acids is 1. The summed E-state index contributed by atoms with van der Waals surface area (Å²) >= 11 is 0. The summed E-state index contributed by atoms with van der Waals surface area (Å²) in [6.07, 6.45) is 0.874. The van der Waals surface area contributed by atoms with Crippen LogP contribution in [0.3, 0.4) is 0 Å². The van der Waals surface area contributed by atoms with Crippen molar-refractivity contribution >= 4 is 12.0 Å². The predicted octanol–water partition coefficient (Wildman–Crippen LogP) is 0.117. The molecule has 0 aliphatic carbocycles. The van der Waals surface area contributed by atoms with E-state index in [0.717, 1.165) is 26.1 Å². The SMILES string of the molecule is CCN(CC)CCCNC(=O)NC1COCC1C(=O)O. The predicted molar refractivity (Wildman–Crippen MR) is 74.7 cm³/mol. The molecule has 2 unspecified atom stereocenters. The van der Waals surface area contributed by atoms with Crippen molar-refractivity contribution < 1.29 is 19.4 Å². The number of urea groups is 1. The summed E-state index contributed by atoms with van der Waals surface area (Å²) in [5.41, 5.74) is 0. The Bertz CT molecular complexity index is 321. The fourth-order valence-electron chi connectivity index (χ4n) is 2.20. The van der Waals surface area contributed by atoms with Gasteiger partial charge in [-0.1, -0.05) is 13.8 Å². The van der Waals surface area contributed by atoms with E-state index >= 15 is 0 Å². The molecule has 0 radical (unpaired) electrons. The Labute approximate surface area is 119 Å². The maximum absolute atomic E-state index is 11.7. The van der Waals surface area contributed by atoms with E-state index in [2.05, 4.69) is 29.4 Å². The summed E-state index contributed by atoms with van der Waals surface area (Å²) in [5, 5.41) is 14.4. The van der Waals surface area contributed by atoms with Crippen LogP contribution in [0, 0.1) is 5.92 Å². The van der Waals surface area contributed by atoms with E-state index in [1.54, 1.807) is 0 Å². The van der Waals surface area contributed by atoms with Crippen molar-refractivity contribution in [2.75, 3.05) is 39.4 Å². The molecule has 20 heavy (non-hydrogen) atoms. The number of carbonyl (C=O) groups is 2. The van der Waals surface area contributed by atoms with Gasteiger partial charge in [0.1, 0.15) is 5.92 Å². The van der Waals surface area contributed by atoms with Gasteiger partial charge in [-0.3, -0.25) is 4.79 Å². The molecule has 0 saturated carbocycles. The summed E-state index contributed by atoms with van der Waals surface area (Å²) in [7, 11) is 0. The van der Waals surface area contributed by atoms with Crippen molar-refractivity contribution in [2.24, 2.45) is 5.92 Å². The first-order chi connectivity index (χ1) is 9.58. The van der Waals surface area contributed by atoms with Crippen LogP contribution in [-0.2, 0) is 9.53 Å². The van der Waals surface area contributed by atoms with E-state index in [4.69, 9.17) is 9.84 Å². The maximum Gasteiger partial charge on any atom is 0.315 e. The molecule has 3 N–H and O–H groups in total. The molecule has 7 nitrogen and oxygen atoms in total. The summed E-state index contributed by atoms with van der Waals surface area (Å²) in [6, 6.07) is -0.776. The molecule has 7 heteroatoms. The molecule has 1 saturated heterocycles. The number of ether oxygens (including phenoxy) is 1. The van der Waals surface area contributed by atoms with E-state index in [1.807, 2.05) is 0 Å². The minimum atomic E-state index is -0.936. The first-order valence-corrected chi connectivity index (χ1v) is 7.15. The highest BCUT2D eigenvalue weighted by atomic mass is 16.5. The highest BCUT2D eigenvalue weighted by molar-refractivity contribution is 5.77. The Morgan fingerprint density at radius 3 is 2.60 bits per heavy atom. The van der Waals surface area contributed by atoms with Crippen LogP contribution in [-0.4, -0.2) is 67.4 Å². The van der Waals surface area contributed by atoms with Gasteiger partial charge in [-0.25, -0.2) is 4.79 Å². The molecule has 1 aliphatic heterocycles. The van der Waals surface area contributed by atoms with Crippen LogP contribution >= 0.6 is 0 Å². The zero-order valence-electron chi connectivity index (χ0n) is 12.2. The molecular weight excluding hydrogens is 262 g/mol. The van der Waals surface area contributed by atoms with Gasteiger partial charge in [0.25, 0.3) is 0 Å². The molecule has 1 aliphatic rings. The molecule has 116 valence electrons. The van der Waals surface area contributed by atoms with Crippen molar-refractivity contribution in [1.29, 1.82) is 0 Å². The number of rotatable bonds is 8. The lowest BCUT2D eigenvalue weighted by Crippen LogP contribution is -2.47. The van der Waals surface area contributed by atoms with Crippen LogP contribution in [0.5, 0.6) is 0 Å². The van der Waals surface area contributed by atoms with Crippen LogP contribution in [0.2, 0.25) is 0 Å². The molecule has 2 amide bonds. The van der Waals surface area contributed by atoms with E-state index in [1.165, 1.54) is 0 Å². The Balaban J connectivity index is 2.18.